The van der Waals surface area contributed by atoms with Crippen LogP contribution in [0, 0.1) is 17.2 Å². The van der Waals surface area contributed by atoms with Crippen LogP contribution in [0.5, 0.6) is 0 Å². The molecule has 40 heavy (non-hydrogen) atoms. The fraction of sp³-hybridized carbons (Fsp3) is 0.467. The van der Waals surface area contributed by atoms with E-state index in [1.54, 1.807) is 53.4 Å². The molecular formula is C30H39N3O7. The monoisotopic (exact) mass is 553 g/mol. The van der Waals surface area contributed by atoms with Crippen molar-refractivity contribution in [1.29, 1.82) is 5.26 Å². The number of nitrogens with zero attached hydrogens (tertiary/aromatic N) is 2. The molecule has 1 amide bonds. The minimum absolute atomic E-state index is 0.150. The van der Waals surface area contributed by atoms with E-state index in [1.165, 1.54) is 4.90 Å². The van der Waals surface area contributed by atoms with Crippen LogP contribution in [0.1, 0.15) is 56.9 Å². The lowest BCUT2D eigenvalue weighted by Crippen LogP contribution is -3.07. The summed E-state index contributed by atoms with van der Waals surface area (Å²) in [5.74, 6) is -2.22. The molecule has 10 nitrogen and oxygen atoms in total. The maximum atomic E-state index is 12.5. The van der Waals surface area contributed by atoms with E-state index < -0.39 is 29.2 Å². The number of hydrogen-bond donors (Lipinski definition) is 2. The molecule has 216 valence electrons. The normalized spacial score (nSPS) is 19.5. The number of carboxylic acid groups (broad SMARTS) is 1. The number of nitrogens with one attached hydrogen (secondary N) is 1. The van der Waals surface area contributed by atoms with E-state index in [9.17, 15) is 29.9 Å². The van der Waals surface area contributed by atoms with Crippen molar-refractivity contribution < 1.29 is 39.0 Å². The van der Waals surface area contributed by atoms with Crippen molar-refractivity contribution in [3.05, 3.63) is 71.3 Å². The lowest BCUT2D eigenvalue weighted by atomic mass is 9.75. The van der Waals surface area contributed by atoms with E-state index in [-0.39, 0.29) is 12.0 Å². The van der Waals surface area contributed by atoms with Gasteiger partial charge in [-0.15, -0.1) is 0 Å². The van der Waals surface area contributed by atoms with Crippen LogP contribution in [0.25, 0.3) is 0 Å². The molecule has 0 unspecified atom stereocenters. The molecule has 3 rings (SSSR count). The molecule has 1 aliphatic rings. The van der Waals surface area contributed by atoms with Crippen molar-refractivity contribution in [2.75, 3.05) is 33.7 Å². The van der Waals surface area contributed by atoms with Crippen LogP contribution in [0.4, 0.5) is 4.79 Å². The number of carboxylic acids is 1. The van der Waals surface area contributed by atoms with Gasteiger partial charge in [0.05, 0.1) is 44.2 Å². The molecule has 2 aromatic rings. The van der Waals surface area contributed by atoms with Gasteiger partial charge in [-0.3, -0.25) is 4.79 Å². The molecule has 2 aromatic carbocycles. The number of amides is 1. The maximum absolute atomic E-state index is 12.5. The van der Waals surface area contributed by atoms with Gasteiger partial charge in [-0.05, 0) is 50.5 Å². The highest BCUT2D eigenvalue weighted by atomic mass is 16.6. The first-order chi connectivity index (χ1) is 18.7. The van der Waals surface area contributed by atoms with Gasteiger partial charge in [-0.25, -0.2) is 4.79 Å². The van der Waals surface area contributed by atoms with Crippen LogP contribution < -0.4 is 10.0 Å². The molecule has 0 saturated carbocycles. The third-order valence-corrected chi connectivity index (χ3v) is 6.28. The van der Waals surface area contributed by atoms with Gasteiger partial charge >= 0.3 is 12.1 Å². The summed E-state index contributed by atoms with van der Waals surface area (Å²) >= 11 is 0. The average molecular weight is 554 g/mol. The Morgan fingerprint density at radius 1 is 1.18 bits per heavy atom. The number of likely N-dealkylation sites (tertiary alicyclic amines) is 1. The molecule has 0 aliphatic carbocycles. The van der Waals surface area contributed by atoms with Crippen molar-refractivity contribution in [2.24, 2.45) is 5.92 Å². The molecule has 0 spiro atoms. The molecule has 0 radical (unpaired) electrons. The number of carbonyl (C=O) groups excluding carboxylic acids is 3. The number of benzene rings is 2. The van der Waals surface area contributed by atoms with Gasteiger partial charge in [0.2, 0.25) is 0 Å². The summed E-state index contributed by atoms with van der Waals surface area (Å²) in [5, 5.41) is 31.3. The van der Waals surface area contributed by atoms with Gasteiger partial charge in [0.15, 0.2) is 6.10 Å². The van der Waals surface area contributed by atoms with Crippen molar-refractivity contribution in [3.8, 4) is 6.07 Å². The van der Waals surface area contributed by atoms with Gasteiger partial charge in [0.25, 0.3) is 0 Å². The molecular weight excluding hydrogens is 514 g/mol. The Labute approximate surface area is 235 Å². The largest absolute Gasteiger partial charge is 0.546 e. The first-order valence-corrected chi connectivity index (χ1v) is 13.1. The summed E-state index contributed by atoms with van der Waals surface area (Å²) < 4.78 is 10.1. The molecule has 0 bridgehead atoms. The number of piperidine rings is 1. The molecule has 2 N–H and O–H groups in total. The number of rotatable bonds is 6. The number of hydrogen-bond acceptors (Lipinski definition) is 8. The standard InChI is InChI=1S/C20H29N3O3.C10H10O4/c1-19(2,3)26-18(24)23-10-9-20(25,17(14-23)13-22(4)5)16-8-6-7-15(11-16)12-21;1-7(11)14-9(10(12)13)8-5-3-2-4-6-8/h6-8,11,17,25H,9-10,13-14H2,1-5H3;2-6,9H,1H3,(H,12,13)/t17-,20+;9-/m01/s1. The van der Waals surface area contributed by atoms with Crippen LogP contribution in [0.15, 0.2) is 54.6 Å². The summed E-state index contributed by atoms with van der Waals surface area (Å²) in [6.07, 6.45) is -1.25. The number of aliphatic carboxylic acids is 1. The van der Waals surface area contributed by atoms with Crippen LogP contribution in [0.3, 0.4) is 0 Å². The second-order valence-corrected chi connectivity index (χ2v) is 11.1. The third-order valence-electron chi connectivity index (χ3n) is 6.28. The van der Waals surface area contributed by atoms with Gasteiger partial charge in [0.1, 0.15) is 11.2 Å². The molecule has 1 aliphatic heterocycles. The highest BCUT2D eigenvalue weighted by Crippen LogP contribution is 2.37. The predicted molar refractivity (Wildman–Crippen MR) is 145 cm³/mol. The zero-order chi connectivity index (χ0) is 30.1. The predicted octanol–water partition coefficient (Wildman–Crippen LogP) is 1.19. The molecule has 1 saturated heterocycles. The van der Waals surface area contributed by atoms with E-state index in [2.05, 4.69) is 10.8 Å². The Bertz CT molecular complexity index is 1200. The second kappa shape index (κ2) is 13.9. The lowest BCUT2D eigenvalue weighted by Gasteiger charge is -2.44. The van der Waals surface area contributed by atoms with E-state index in [0.29, 0.717) is 37.2 Å². The smallest absolute Gasteiger partial charge is 0.410 e. The van der Waals surface area contributed by atoms with E-state index in [4.69, 9.17) is 4.74 Å². The highest BCUT2D eigenvalue weighted by Gasteiger charge is 2.46. The van der Waals surface area contributed by atoms with Gasteiger partial charge in [0, 0.05) is 20.0 Å². The van der Waals surface area contributed by atoms with Crippen LogP contribution in [-0.2, 0) is 24.7 Å². The van der Waals surface area contributed by atoms with Gasteiger partial charge < -0.3 is 34.3 Å². The lowest BCUT2D eigenvalue weighted by molar-refractivity contribution is -0.863. The van der Waals surface area contributed by atoms with Crippen molar-refractivity contribution >= 4 is 18.0 Å². The molecule has 3 atom stereocenters. The quantitative estimate of drug-likeness (QED) is 0.508. The summed E-state index contributed by atoms with van der Waals surface area (Å²) in [7, 11) is 4.05. The van der Waals surface area contributed by atoms with Crippen LogP contribution >= 0.6 is 0 Å². The summed E-state index contributed by atoms with van der Waals surface area (Å²) in [4.78, 5) is 36.6. The minimum atomic E-state index is -1.42. The molecule has 10 heteroatoms. The highest BCUT2D eigenvalue weighted by molar-refractivity contribution is 5.77. The fourth-order valence-electron chi connectivity index (χ4n) is 4.52. The summed E-state index contributed by atoms with van der Waals surface area (Å²) in [6.45, 7) is 8.24. The van der Waals surface area contributed by atoms with E-state index >= 15 is 0 Å². The van der Waals surface area contributed by atoms with E-state index in [1.807, 2.05) is 40.9 Å². The van der Waals surface area contributed by atoms with Gasteiger partial charge in [-0.2, -0.15) is 5.26 Å². The van der Waals surface area contributed by atoms with E-state index in [0.717, 1.165) is 12.5 Å². The number of esters is 1. The van der Waals surface area contributed by atoms with Gasteiger partial charge in [-0.1, -0.05) is 42.5 Å². The van der Waals surface area contributed by atoms with Crippen molar-refractivity contribution in [1.82, 2.24) is 4.90 Å². The third kappa shape index (κ3) is 9.36. The Kier molecular flexibility index (Phi) is 11.2. The topological polar surface area (TPSA) is 144 Å². The summed E-state index contributed by atoms with van der Waals surface area (Å²) in [5.41, 5.74) is 0.0486. The number of quaternary nitrogens is 1. The Hall–Kier alpha value is -3.94. The number of aliphatic hydroxyl groups is 1. The molecule has 0 aromatic heterocycles. The second-order valence-electron chi connectivity index (χ2n) is 11.1. The Morgan fingerprint density at radius 3 is 2.35 bits per heavy atom. The number of nitriles is 1. The molecule has 1 fully saturated rings. The zero-order valence-corrected chi connectivity index (χ0v) is 24.0. The Morgan fingerprint density at radius 2 is 1.82 bits per heavy atom. The minimum Gasteiger partial charge on any atom is -0.546 e. The SMILES string of the molecule is CC(=O)O[C@@H](C(=O)[O-])c1ccccc1.C[NH+](C)C[C@H]1CN(C(=O)OC(C)(C)C)CC[C@@]1(O)c1cccc(C#N)c1. The van der Waals surface area contributed by atoms with Crippen molar-refractivity contribution in [2.45, 2.75) is 51.4 Å². The number of ether oxygens (including phenoxy) is 2. The fourth-order valence-corrected chi connectivity index (χ4v) is 4.52. The first-order valence-electron chi connectivity index (χ1n) is 13.1. The number of carbonyl (C=O) groups is 3. The zero-order valence-electron chi connectivity index (χ0n) is 24.0. The average Bonchev–Trinajstić information content (AvgIpc) is 2.88. The molecule has 1 heterocycles. The first kappa shape index (κ1) is 32.3. The Balaban J connectivity index is 0.000000337. The maximum Gasteiger partial charge on any atom is 0.410 e. The van der Waals surface area contributed by atoms with Crippen molar-refractivity contribution in [3.63, 3.8) is 0 Å². The van der Waals surface area contributed by atoms with Crippen LogP contribution in [0.2, 0.25) is 0 Å². The van der Waals surface area contributed by atoms with Crippen LogP contribution in [-0.4, -0.2) is 67.4 Å². The summed E-state index contributed by atoms with van der Waals surface area (Å²) in [6, 6.07) is 17.5.